The van der Waals surface area contributed by atoms with Gasteiger partial charge in [-0.1, -0.05) is 6.92 Å². The third-order valence-corrected chi connectivity index (χ3v) is 5.96. The Bertz CT molecular complexity index is 479. The molecule has 0 aromatic carbocycles. The van der Waals surface area contributed by atoms with Crippen molar-refractivity contribution in [1.82, 2.24) is 20.2 Å². The Labute approximate surface area is 136 Å². The Balaban J connectivity index is 1.50. The first-order valence-electron chi connectivity index (χ1n) is 8.42. The lowest BCUT2D eigenvalue weighted by atomic mass is 9.97. The zero-order valence-corrected chi connectivity index (χ0v) is 14.1. The number of hydrogen-bond acceptors (Lipinski definition) is 3. The van der Waals surface area contributed by atoms with Gasteiger partial charge in [0.05, 0.1) is 0 Å². The summed E-state index contributed by atoms with van der Waals surface area (Å²) in [4.78, 5) is 22.0. The van der Waals surface area contributed by atoms with Crippen LogP contribution in [0.15, 0.2) is 12.4 Å². The molecule has 2 amide bonds. The van der Waals surface area contributed by atoms with Gasteiger partial charge in [0.25, 0.3) is 0 Å². The molecule has 1 aliphatic carbocycles. The van der Waals surface area contributed by atoms with Crippen LogP contribution in [0.4, 0.5) is 4.79 Å². The van der Waals surface area contributed by atoms with Crippen LogP contribution in [0.5, 0.6) is 0 Å². The van der Waals surface area contributed by atoms with Crippen LogP contribution in [0.25, 0.3) is 0 Å². The van der Waals surface area contributed by atoms with Crippen molar-refractivity contribution in [3.8, 4) is 0 Å². The van der Waals surface area contributed by atoms with Gasteiger partial charge < -0.3 is 15.2 Å². The van der Waals surface area contributed by atoms with Crippen LogP contribution in [0, 0.1) is 0 Å². The first kappa shape index (κ1) is 15.7. The molecule has 22 heavy (non-hydrogen) atoms. The van der Waals surface area contributed by atoms with Gasteiger partial charge in [0.1, 0.15) is 5.82 Å². The fraction of sp³-hybridized carbons (Fsp3) is 0.750. The number of imidazole rings is 1. The molecule has 0 radical (unpaired) electrons. The van der Waals surface area contributed by atoms with E-state index in [-0.39, 0.29) is 6.03 Å². The molecule has 2 fully saturated rings. The van der Waals surface area contributed by atoms with Gasteiger partial charge in [0, 0.05) is 42.7 Å². The first-order chi connectivity index (χ1) is 10.8. The number of nitrogens with one attached hydrogen (secondary N) is 2. The van der Waals surface area contributed by atoms with Crippen molar-refractivity contribution in [3.63, 3.8) is 0 Å². The predicted octanol–water partition coefficient (Wildman–Crippen LogP) is 2.97. The SMILES string of the molecule is CCSC1CCC(NC(=O)N2CCCC(c3ncc[nH]3)C2)C1. The number of urea groups is 1. The van der Waals surface area contributed by atoms with Crippen LogP contribution in [0.3, 0.4) is 0 Å². The number of H-pyrrole nitrogens is 1. The van der Waals surface area contributed by atoms with E-state index in [0.717, 1.165) is 49.8 Å². The maximum atomic E-state index is 12.5. The normalized spacial score (nSPS) is 28.8. The largest absolute Gasteiger partial charge is 0.348 e. The van der Waals surface area contributed by atoms with Crippen molar-refractivity contribution in [3.05, 3.63) is 18.2 Å². The van der Waals surface area contributed by atoms with Crippen LogP contribution in [-0.2, 0) is 0 Å². The molecule has 2 heterocycles. The van der Waals surface area contributed by atoms with Gasteiger partial charge >= 0.3 is 6.03 Å². The Hall–Kier alpha value is -1.17. The number of nitrogens with zero attached hydrogens (tertiary/aromatic N) is 2. The van der Waals surface area contributed by atoms with Crippen LogP contribution in [0.2, 0.25) is 0 Å². The smallest absolute Gasteiger partial charge is 0.317 e. The van der Waals surface area contributed by atoms with Crippen molar-refractivity contribution in [2.75, 3.05) is 18.8 Å². The molecule has 0 bridgehead atoms. The lowest BCUT2D eigenvalue weighted by molar-refractivity contribution is 0.175. The molecule has 3 rings (SSSR count). The number of aromatic amines is 1. The Kier molecular flexibility index (Phi) is 5.28. The Morgan fingerprint density at radius 3 is 3.18 bits per heavy atom. The van der Waals surface area contributed by atoms with E-state index in [9.17, 15) is 4.79 Å². The van der Waals surface area contributed by atoms with Crippen LogP contribution in [0.1, 0.15) is 50.8 Å². The van der Waals surface area contributed by atoms with Crippen LogP contribution >= 0.6 is 11.8 Å². The average molecular weight is 322 g/mol. The fourth-order valence-corrected chi connectivity index (χ4v) is 4.75. The van der Waals surface area contributed by atoms with E-state index in [4.69, 9.17) is 0 Å². The van der Waals surface area contributed by atoms with Crippen molar-refractivity contribution in [2.24, 2.45) is 0 Å². The molecule has 0 spiro atoms. The minimum absolute atomic E-state index is 0.114. The van der Waals surface area contributed by atoms with Gasteiger partial charge in [-0.3, -0.25) is 0 Å². The molecule has 1 saturated heterocycles. The summed E-state index contributed by atoms with van der Waals surface area (Å²) < 4.78 is 0. The number of thioether (sulfide) groups is 1. The zero-order valence-electron chi connectivity index (χ0n) is 13.3. The summed E-state index contributed by atoms with van der Waals surface area (Å²) in [6, 6.07) is 0.476. The topological polar surface area (TPSA) is 61.0 Å². The summed E-state index contributed by atoms with van der Waals surface area (Å²) >= 11 is 2.03. The standard InChI is InChI=1S/C16H26N4OS/c1-2-22-14-6-5-13(10-14)19-16(21)20-9-3-4-12(11-20)15-17-7-8-18-15/h7-8,12-14H,2-6,9-11H2,1H3,(H,17,18)(H,19,21). The molecule has 5 nitrogen and oxygen atoms in total. The van der Waals surface area contributed by atoms with Crippen LogP contribution < -0.4 is 5.32 Å². The van der Waals surface area contributed by atoms with Gasteiger partial charge in [0.15, 0.2) is 0 Å². The quantitative estimate of drug-likeness (QED) is 0.896. The number of likely N-dealkylation sites (tertiary alicyclic amines) is 1. The maximum absolute atomic E-state index is 12.5. The molecule has 1 aromatic heterocycles. The summed E-state index contributed by atoms with van der Waals surface area (Å²) in [5, 5.41) is 3.98. The number of hydrogen-bond donors (Lipinski definition) is 2. The highest BCUT2D eigenvalue weighted by Gasteiger charge is 2.30. The summed E-state index contributed by atoms with van der Waals surface area (Å²) in [6.45, 7) is 3.85. The summed E-state index contributed by atoms with van der Waals surface area (Å²) in [5.41, 5.74) is 0. The number of amides is 2. The second-order valence-electron chi connectivity index (χ2n) is 6.30. The molecule has 1 saturated carbocycles. The van der Waals surface area contributed by atoms with E-state index in [0.29, 0.717) is 12.0 Å². The molecular formula is C16H26N4OS. The molecule has 2 aliphatic rings. The van der Waals surface area contributed by atoms with E-state index in [1.165, 1.54) is 12.2 Å². The molecule has 3 atom stereocenters. The van der Waals surface area contributed by atoms with Gasteiger partial charge in [0.2, 0.25) is 0 Å². The fourth-order valence-electron chi connectivity index (χ4n) is 3.61. The highest BCUT2D eigenvalue weighted by molar-refractivity contribution is 7.99. The van der Waals surface area contributed by atoms with Gasteiger partial charge in [-0.2, -0.15) is 11.8 Å². The van der Waals surface area contributed by atoms with E-state index in [2.05, 4.69) is 22.2 Å². The third kappa shape index (κ3) is 3.77. The predicted molar refractivity (Wildman–Crippen MR) is 90.2 cm³/mol. The average Bonchev–Trinajstić information content (AvgIpc) is 3.20. The minimum atomic E-state index is 0.114. The molecule has 6 heteroatoms. The number of rotatable bonds is 4. The van der Waals surface area contributed by atoms with E-state index in [1.54, 1.807) is 6.20 Å². The van der Waals surface area contributed by atoms with E-state index >= 15 is 0 Å². The summed E-state index contributed by atoms with van der Waals surface area (Å²) in [7, 11) is 0. The van der Waals surface area contributed by atoms with Crippen molar-refractivity contribution >= 4 is 17.8 Å². The van der Waals surface area contributed by atoms with Gasteiger partial charge in [-0.15, -0.1) is 0 Å². The molecule has 1 aromatic rings. The summed E-state index contributed by atoms with van der Waals surface area (Å²) in [6.07, 6.45) is 9.29. The number of aromatic nitrogens is 2. The third-order valence-electron chi connectivity index (χ3n) is 4.73. The lowest BCUT2D eigenvalue weighted by Gasteiger charge is -2.32. The second kappa shape index (κ2) is 7.40. The Morgan fingerprint density at radius 1 is 1.50 bits per heavy atom. The molecule has 1 aliphatic heterocycles. The Morgan fingerprint density at radius 2 is 2.41 bits per heavy atom. The number of carbonyl (C=O) groups excluding carboxylic acids is 1. The zero-order chi connectivity index (χ0) is 15.4. The minimum Gasteiger partial charge on any atom is -0.348 e. The van der Waals surface area contributed by atoms with Crippen molar-refractivity contribution in [2.45, 2.75) is 56.2 Å². The molecule has 2 N–H and O–H groups in total. The molecule has 122 valence electrons. The molecular weight excluding hydrogens is 296 g/mol. The van der Waals surface area contributed by atoms with E-state index in [1.807, 2.05) is 22.9 Å². The monoisotopic (exact) mass is 322 g/mol. The number of carbonyl (C=O) groups is 1. The van der Waals surface area contributed by atoms with E-state index < -0.39 is 0 Å². The van der Waals surface area contributed by atoms with Crippen molar-refractivity contribution in [1.29, 1.82) is 0 Å². The van der Waals surface area contributed by atoms with Gasteiger partial charge in [-0.05, 0) is 37.9 Å². The number of piperidine rings is 1. The molecule has 3 unspecified atom stereocenters. The first-order valence-corrected chi connectivity index (χ1v) is 9.47. The maximum Gasteiger partial charge on any atom is 0.317 e. The van der Waals surface area contributed by atoms with Crippen molar-refractivity contribution < 1.29 is 4.79 Å². The highest BCUT2D eigenvalue weighted by atomic mass is 32.2. The lowest BCUT2D eigenvalue weighted by Crippen LogP contribution is -2.47. The van der Waals surface area contributed by atoms with Crippen LogP contribution in [-0.4, -0.2) is 51.0 Å². The highest BCUT2D eigenvalue weighted by Crippen LogP contribution is 2.30. The summed E-state index contributed by atoms with van der Waals surface area (Å²) in [5.74, 6) is 2.53. The van der Waals surface area contributed by atoms with Gasteiger partial charge in [-0.25, -0.2) is 9.78 Å². The second-order valence-corrected chi connectivity index (χ2v) is 7.87.